The van der Waals surface area contributed by atoms with Crippen molar-refractivity contribution in [2.75, 3.05) is 92.2 Å². The Balaban J connectivity index is 1.04. The summed E-state index contributed by atoms with van der Waals surface area (Å²) in [5, 5.41) is 16.8. The van der Waals surface area contributed by atoms with Gasteiger partial charge in [-0.15, -0.1) is 5.10 Å². The molecule has 0 saturated carbocycles. The zero-order chi connectivity index (χ0) is 47.7. The SMILES string of the molecule is CCN(C)Cc1cc(Cl)c(OCc2cccc(-c3cccc(OCC(C=NCCOCCOCCN4CCNCC4)=NN)c3)c2-n2nnc3ccccc32)cc1OCc1cncc(S(C)(=O)=O)c1. The first-order chi connectivity index (χ1) is 33.1. The van der Waals surface area contributed by atoms with E-state index in [1.54, 1.807) is 24.5 Å². The van der Waals surface area contributed by atoms with Gasteiger partial charge in [-0.1, -0.05) is 66.2 Å². The molecule has 1 fully saturated rings. The average molecular weight is 968 g/mol. The van der Waals surface area contributed by atoms with Crippen molar-refractivity contribution < 1.29 is 32.1 Å². The van der Waals surface area contributed by atoms with Crippen molar-refractivity contribution in [1.82, 2.24) is 35.1 Å². The number of hydrogen-bond acceptors (Lipinski definition) is 16. The number of benzene rings is 4. The Labute approximate surface area is 402 Å². The first-order valence-electron chi connectivity index (χ1n) is 22.5. The van der Waals surface area contributed by atoms with Crippen LogP contribution in [-0.4, -0.2) is 142 Å². The average Bonchev–Trinajstić information content (AvgIpc) is 3.78. The summed E-state index contributed by atoms with van der Waals surface area (Å²) in [7, 11) is -1.45. The summed E-state index contributed by atoms with van der Waals surface area (Å²) in [6.07, 6.45) is 5.65. The summed E-state index contributed by atoms with van der Waals surface area (Å²) in [6.45, 7) is 11.4. The van der Waals surface area contributed by atoms with Gasteiger partial charge in [-0.05, 0) is 55.6 Å². The Morgan fingerprint density at radius 3 is 2.50 bits per heavy atom. The number of ether oxygens (including phenoxy) is 5. The number of piperazine rings is 1. The highest BCUT2D eigenvalue weighted by Gasteiger charge is 2.20. The molecule has 3 heterocycles. The number of nitrogens with zero attached hydrogens (tertiary/aromatic N) is 8. The van der Waals surface area contributed by atoms with E-state index in [0.29, 0.717) is 73.1 Å². The molecule has 1 saturated heterocycles. The third-order valence-corrected chi connectivity index (χ3v) is 12.6. The van der Waals surface area contributed by atoms with E-state index >= 15 is 0 Å². The standard InChI is InChI=1S/C49H59ClN10O7S/c1-4-58(2)32-39-27-44(50)48(28-47(39)66-33-36-25-42(31-54-29-36)68(3,61)62)67-34-38-10-8-12-43(49(38)60-46-14-6-5-13-45(46)56-57-60)37-9-7-11-41(26-37)65-35-40(55-51)30-53-17-21-63-23-24-64-22-20-59-18-15-52-16-19-59/h5-14,25-31,52H,4,15-24,32-35,51H2,1-3H3. The summed E-state index contributed by atoms with van der Waals surface area (Å²) in [4.78, 5) is 13.2. The number of aromatic nitrogens is 4. The van der Waals surface area contributed by atoms with Crippen LogP contribution in [-0.2, 0) is 39.1 Å². The van der Waals surface area contributed by atoms with Crippen LogP contribution in [0.15, 0.2) is 112 Å². The summed E-state index contributed by atoms with van der Waals surface area (Å²) in [5.41, 5.74) is 6.72. The van der Waals surface area contributed by atoms with Gasteiger partial charge >= 0.3 is 0 Å². The Kier molecular flexibility index (Phi) is 18.2. The fourth-order valence-electron chi connectivity index (χ4n) is 7.39. The lowest BCUT2D eigenvalue weighted by atomic mass is 9.99. The summed E-state index contributed by atoms with van der Waals surface area (Å²) in [6, 6.07) is 26.6. The molecular formula is C49H59ClN10O7S. The van der Waals surface area contributed by atoms with Crippen molar-refractivity contribution in [3.63, 3.8) is 0 Å². The van der Waals surface area contributed by atoms with Gasteiger partial charge in [0.2, 0.25) is 0 Å². The van der Waals surface area contributed by atoms with E-state index in [4.69, 9.17) is 41.1 Å². The predicted octanol–water partition coefficient (Wildman–Crippen LogP) is 5.85. The highest BCUT2D eigenvalue weighted by Crippen LogP contribution is 2.37. The number of aliphatic imine (C=N–C) groups is 1. The molecule has 17 nitrogen and oxygen atoms in total. The fourth-order valence-corrected chi connectivity index (χ4v) is 8.25. The summed E-state index contributed by atoms with van der Waals surface area (Å²) < 4.78 is 56.8. The summed E-state index contributed by atoms with van der Waals surface area (Å²) in [5.74, 6) is 7.27. The van der Waals surface area contributed by atoms with Crippen molar-refractivity contribution >= 4 is 44.4 Å². The van der Waals surface area contributed by atoms with Crippen LogP contribution in [0.1, 0.15) is 23.6 Å². The Morgan fingerprint density at radius 2 is 1.69 bits per heavy atom. The smallest absolute Gasteiger partial charge is 0.177 e. The van der Waals surface area contributed by atoms with E-state index in [-0.39, 0.29) is 24.7 Å². The van der Waals surface area contributed by atoms with Crippen LogP contribution < -0.4 is 25.4 Å². The van der Waals surface area contributed by atoms with Crippen LogP contribution in [0.4, 0.5) is 0 Å². The van der Waals surface area contributed by atoms with Crippen LogP contribution in [0.25, 0.3) is 27.8 Å². The van der Waals surface area contributed by atoms with E-state index in [0.717, 1.165) is 84.5 Å². The van der Waals surface area contributed by atoms with Crippen molar-refractivity contribution in [1.29, 1.82) is 0 Å². The molecule has 1 aliphatic heterocycles. The molecule has 0 atom stereocenters. The Bertz CT molecular complexity index is 2770. The molecule has 0 spiro atoms. The van der Waals surface area contributed by atoms with Gasteiger partial charge in [0.15, 0.2) is 9.84 Å². The van der Waals surface area contributed by atoms with Crippen molar-refractivity contribution in [2.45, 2.75) is 31.6 Å². The van der Waals surface area contributed by atoms with Gasteiger partial charge in [0.05, 0.1) is 54.1 Å². The monoisotopic (exact) mass is 966 g/mol. The van der Waals surface area contributed by atoms with E-state index in [2.05, 4.69) is 47.4 Å². The number of para-hydroxylation sites is 2. The second-order valence-electron chi connectivity index (χ2n) is 16.2. The number of hydrogen-bond donors (Lipinski definition) is 2. The number of nitrogens with two attached hydrogens (primary N) is 1. The summed E-state index contributed by atoms with van der Waals surface area (Å²) >= 11 is 6.94. The maximum Gasteiger partial charge on any atom is 0.177 e. The lowest BCUT2D eigenvalue weighted by Gasteiger charge is -2.26. The number of halogens is 1. The fraction of sp³-hybridized carbons (Fsp3) is 0.367. The van der Waals surface area contributed by atoms with Crippen molar-refractivity contribution in [2.24, 2.45) is 15.9 Å². The molecule has 2 aromatic heterocycles. The molecule has 68 heavy (non-hydrogen) atoms. The molecule has 1 aliphatic rings. The zero-order valence-corrected chi connectivity index (χ0v) is 40.3. The number of sulfone groups is 1. The third-order valence-electron chi connectivity index (χ3n) is 11.2. The largest absolute Gasteiger partial charge is 0.488 e. The highest BCUT2D eigenvalue weighted by atomic mass is 35.5. The molecule has 0 aliphatic carbocycles. The van der Waals surface area contributed by atoms with Gasteiger partial charge in [-0.25, -0.2) is 13.1 Å². The van der Waals surface area contributed by atoms with Gasteiger partial charge in [-0.3, -0.25) is 14.9 Å². The second kappa shape index (κ2) is 24.9. The van der Waals surface area contributed by atoms with Crippen molar-refractivity contribution in [3.05, 3.63) is 119 Å². The number of nitrogens with one attached hydrogen (secondary N) is 1. The van der Waals surface area contributed by atoms with E-state index in [1.807, 2.05) is 84.5 Å². The van der Waals surface area contributed by atoms with Crippen molar-refractivity contribution in [3.8, 4) is 34.1 Å². The third kappa shape index (κ3) is 14.0. The van der Waals surface area contributed by atoms with Crippen LogP contribution in [0, 0.1) is 0 Å². The second-order valence-corrected chi connectivity index (χ2v) is 18.6. The Hall–Kier alpha value is -5.99. The topological polar surface area (TPSA) is 193 Å². The minimum atomic E-state index is -3.45. The van der Waals surface area contributed by atoms with Gasteiger partial charge < -0.3 is 39.7 Å². The molecule has 7 rings (SSSR count). The molecule has 4 aromatic carbocycles. The first-order valence-corrected chi connectivity index (χ1v) is 24.8. The number of hydrazone groups is 1. The zero-order valence-electron chi connectivity index (χ0n) is 38.7. The molecule has 0 unspecified atom stereocenters. The molecule has 360 valence electrons. The lowest BCUT2D eigenvalue weighted by Crippen LogP contribution is -2.44. The number of fused-ring (bicyclic) bond motifs is 1. The number of pyridine rings is 1. The Morgan fingerprint density at radius 1 is 0.897 bits per heavy atom. The predicted molar refractivity (Wildman–Crippen MR) is 265 cm³/mol. The molecule has 0 bridgehead atoms. The lowest BCUT2D eigenvalue weighted by molar-refractivity contribution is 0.0399. The molecular weight excluding hydrogens is 908 g/mol. The molecule has 0 radical (unpaired) electrons. The van der Waals surface area contributed by atoms with Gasteiger partial charge in [0.25, 0.3) is 0 Å². The van der Waals surface area contributed by atoms with Crippen LogP contribution >= 0.6 is 11.6 Å². The first kappa shape index (κ1) is 49.9. The minimum Gasteiger partial charge on any atom is -0.488 e. The van der Waals surface area contributed by atoms with E-state index < -0.39 is 9.84 Å². The molecule has 3 N–H and O–H groups in total. The van der Waals surface area contributed by atoms with Gasteiger partial charge in [0, 0.05) is 92.5 Å². The quantitative estimate of drug-likeness (QED) is 0.0300. The van der Waals surface area contributed by atoms with Gasteiger partial charge in [0.1, 0.15) is 48.3 Å². The number of rotatable bonds is 25. The van der Waals surface area contributed by atoms with E-state index in [1.165, 1.54) is 6.20 Å². The maximum absolute atomic E-state index is 12.2. The van der Waals surface area contributed by atoms with Crippen LogP contribution in [0.5, 0.6) is 17.2 Å². The molecule has 0 amide bonds. The van der Waals surface area contributed by atoms with Gasteiger partial charge in [-0.2, -0.15) is 5.10 Å². The minimum absolute atomic E-state index is 0.0760. The molecule has 6 aromatic rings. The highest BCUT2D eigenvalue weighted by molar-refractivity contribution is 7.90. The normalized spacial score (nSPS) is 13.8. The molecule has 19 heteroatoms. The van der Waals surface area contributed by atoms with Crippen LogP contribution in [0.3, 0.4) is 0 Å². The van der Waals surface area contributed by atoms with Crippen LogP contribution in [0.2, 0.25) is 5.02 Å². The maximum atomic E-state index is 12.2. The van der Waals surface area contributed by atoms with E-state index in [9.17, 15) is 8.42 Å².